The Hall–Kier alpha value is -1.42. The van der Waals surface area contributed by atoms with Gasteiger partial charge in [0.1, 0.15) is 11.7 Å². The Labute approximate surface area is 121 Å². The number of nitrogens with two attached hydrogens (primary N) is 1. The molecule has 3 N–H and O–H groups in total. The molecule has 112 valence electrons. The number of benzene rings is 1. The Bertz CT molecular complexity index is 445. The van der Waals surface area contributed by atoms with Gasteiger partial charge in [-0.3, -0.25) is 10.3 Å². The minimum absolute atomic E-state index is 0.0970. The first-order chi connectivity index (χ1) is 9.49. The van der Waals surface area contributed by atoms with Gasteiger partial charge in [-0.25, -0.2) is 4.39 Å². The number of halogens is 1. The molecule has 0 aliphatic heterocycles. The molecule has 3 nitrogen and oxygen atoms in total. The summed E-state index contributed by atoms with van der Waals surface area (Å²) in [6.07, 6.45) is 3.31. The highest BCUT2D eigenvalue weighted by Gasteiger charge is 2.14. The van der Waals surface area contributed by atoms with Crippen LogP contribution in [0.3, 0.4) is 0 Å². The summed E-state index contributed by atoms with van der Waals surface area (Å²) in [5.41, 5.74) is 6.49. The fourth-order valence-corrected chi connectivity index (χ4v) is 2.14. The zero-order valence-electron chi connectivity index (χ0n) is 12.7. The highest BCUT2D eigenvalue weighted by Crippen LogP contribution is 2.16. The molecule has 0 fully saturated rings. The van der Waals surface area contributed by atoms with E-state index in [1.807, 2.05) is 0 Å². The van der Waals surface area contributed by atoms with Crippen molar-refractivity contribution in [1.82, 2.24) is 4.90 Å². The number of hydrogen-bond acceptors (Lipinski definition) is 2. The van der Waals surface area contributed by atoms with Crippen molar-refractivity contribution in [3.05, 3.63) is 35.1 Å². The van der Waals surface area contributed by atoms with Crippen LogP contribution in [-0.2, 0) is 6.54 Å². The molecule has 0 aliphatic rings. The second-order valence-corrected chi connectivity index (χ2v) is 5.30. The van der Waals surface area contributed by atoms with Gasteiger partial charge in [0, 0.05) is 23.7 Å². The summed E-state index contributed by atoms with van der Waals surface area (Å²) in [4.78, 5) is 2.31. The predicted octanol–water partition coefficient (Wildman–Crippen LogP) is 3.51. The molecule has 0 bridgehead atoms. The van der Waals surface area contributed by atoms with Gasteiger partial charge < -0.3 is 5.73 Å². The first-order valence-corrected chi connectivity index (χ1v) is 7.36. The van der Waals surface area contributed by atoms with Crippen LogP contribution in [-0.4, -0.2) is 23.3 Å². The van der Waals surface area contributed by atoms with Crippen LogP contribution in [0.25, 0.3) is 0 Å². The fraction of sp³-hybridized carbons (Fsp3) is 0.562. The third-order valence-corrected chi connectivity index (χ3v) is 3.75. The van der Waals surface area contributed by atoms with E-state index in [-0.39, 0.29) is 11.7 Å². The average Bonchev–Trinajstić information content (AvgIpc) is 2.43. The van der Waals surface area contributed by atoms with Gasteiger partial charge in [0.25, 0.3) is 0 Å². The first kappa shape index (κ1) is 16.6. The minimum Gasteiger partial charge on any atom is -0.384 e. The SMILES string of the molecule is CCCCN(Cc1ccc(C(=N)N)cc1F)C(C)CC. The normalized spacial score (nSPS) is 12.7. The Kier molecular flexibility index (Phi) is 6.65. The molecule has 0 amide bonds. The zero-order valence-corrected chi connectivity index (χ0v) is 12.7. The quantitative estimate of drug-likeness (QED) is 0.565. The number of unbranched alkanes of at least 4 members (excludes halogenated alkanes) is 1. The molecular weight excluding hydrogens is 253 g/mol. The number of nitrogens with one attached hydrogen (secondary N) is 1. The maximum Gasteiger partial charge on any atom is 0.128 e. The van der Waals surface area contributed by atoms with E-state index in [2.05, 4.69) is 25.7 Å². The lowest BCUT2D eigenvalue weighted by Gasteiger charge is -2.28. The summed E-state index contributed by atoms with van der Waals surface area (Å²) in [7, 11) is 0. The second kappa shape index (κ2) is 8.00. The van der Waals surface area contributed by atoms with Gasteiger partial charge in [0.15, 0.2) is 0 Å². The molecule has 0 spiro atoms. The Morgan fingerprint density at radius 3 is 2.60 bits per heavy atom. The van der Waals surface area contributed by atoms with E-state index in [9.17, 15) is 4.39 Å². The standard InChI is InChI=1S/C16H26FN3/c1-4-6-9-20(12(3)5-2)11-14-8-7-13(16(18)19)10-15(14)17/h7-8,10,12H,4-6,9,11H2,1-3H3,(H3,18,19). The summed E-state index contributed by atoms with van der Waals surface area (Å²) in [6, 6.07) is 5.25. The van der Waals surface area contributed by atoms with Gasteiger partial charge in [0.2, 0.25) is 0 Å². The average molecular weight is 279 g/mol. The third kappa shape index (κ3) is 4.60. The molecule has 20 heavy (non-hydrogen) atoms. The van der Waals surface area contributed by atoms with Gasteiger partial charge in [-0.15, -0.1) is 0 Å². The van der Waals surface area contributed by atoms with Gasteiger partial charge in [-0.05, 0) is 32.4 Å². The van der Waals surface area contributed by atoms with Crippen molar-refractivity contribution in [1.29, 1.82) is 5.41 Å². The van der Waals surface area contributed by atoms with Crippen molar-refractivity contribution in [3.8, 4) is 0 Å². The van der Waals surface area contributed by atoms with Crippen LogP contribution in [0.2, 0.25) is 0 Å². The van der Waals surface area contributed by atoms with Crippen molar-refractivity contribution < 1.29 is 4.39 Å². The van der Waals surface area contributed by atoms with Gasteiger partial charge >= 0.3 is 0 Å². The smallest absolute Gasteiger partial charge is 0.128 e. The van der Waals surface area contributed by atoms with Crippen LogP contribution in [0.5, 0.6) is 0 Å². The van der Waals surface area contributed by atoms with Crippen LogP contribution >= 0.6 is 0 Å². The molecule has 1 aromatic rings. The molecule has 1 atom stereocenters. The number of amidine groups is 1. The first-order valence-electron chi connectivity index (χ1n) is 7.36. The van der Waals surface area contributed by atoms with E-state index in [4.69, 9.17) is 11.1 Å². The van der Waals surface area contributed by atoms with Gasteiger partial charge in [-0.1, -0.05) is 32.4 Å². The predicted molar refractivity (Wildman–Crippen MR) is 82.5 cm³/mol. The van der Waals surface area contributed by atoms with Crippen molar-refractivity contribution in [3.63, 3.8) is 0 Å². The number of hydrogen-bond donors (Lipinski definition) is 2. The van der Waals surface area contributed by atoms with E-state index in [1.54, 1.807) is 12.1 Å². The lowest BCUT2D eigenvalue weighted by molar-refractivity contribution is 0.190. The molecule has 1 unspecified atom stereocenters. The van der Waals surface area contributed by atoms with Crippen molar-refractivity contribution in [2.75, 3.05) is 6.54 Å². The Morgan fingerprint density at radius 2 is 2.10 bits per heavy atom. The molecule has 0 saturated carbocycles. The summed E-state index contributed by atoms with van der Waals surface area (Å²) in [5, 5.41) is 7.33. The molecule has 4 heteroatoms. The maximum absolute atomic E-state index is 14.1. The molecule has 0 aromatic heterocycles. The lowest BCUT2D eigenvalue weighted by Crippen LogP contribution is -2.33. The minimum atomic E-state index is -0.275. The monoisotopic (exact) mass is 279 g/mol. The molecule has 0 aliphatic carbocycles. The van der Waals surface area contributed by atoms with Gasteiger partial charge in [0.05, 0.1) is 0 Å². The molecule has 1 rings (SSSR count). The van der Waals surface area contributed by atoms with Crippen LogP contribution in [0, 0.1) is 11.2 Å². The lowest BCUT2D eigenvalue weighted by atomic mass is 10.1. The van der Waals surface area contributed by atoms with E-state index < -0.39 is 0 Å². The highest BCUT2D eigenvalue weighted by molar-refractivity contribution is 5.94. The number of nitrogen functional groups attached to an aromatic ring is 1. The third-order valence-electron chi connectivity index (χ3n) is 3.75. The van der Waals surface area contributed by atoms with E-state index in [0.29, 0.717) is 23.7 Å². The van der Waals surface area contributed by atoms with Crippen molar-refractivity contribution in [2.24, 2.45) is 5.73 Å². The molecule has 0 saturated heterocycles. The Morgan fingerprint density at radius 1 is 1.40 bits per heavy atom. The van der Waals surface area contributed by atoms with Crippen molar-refractivity contribution in [2.45, 2.75) is 52.6 Å². The van der Waals surface area contributed by atoms with Crippen LogP contribution < -0.4 is 5.73 Å². The number of nitrogens with zero attached hydrogens (tertiary/aromatic N) is 1. The van der Waals surface area contributed by atoms with Gasteiger partial charge in [-0.2, -0.15) is 0 Å². The highest BCUT2D eigenvalue weighted by atomic mass is 19.1. The van der Waals surface area contributed by atoms with E-state index in [1.165, 1.54) is 6.07 Å². The molecule has 1 aromatic carbocycles. The van der Waals surface area contributed by atoms with Crippen LogP contribution in [0.1, 0.15) is 51.2 Å². The van der Waals surface area contributed by atoms with Crippen LogP contribution in [0.15, 0.2) is 18.2 Å². The maximum atomic E-state index is 14.1. The second-order valence-electron chi connectivity index (χ2n) is 5.30. The molecule has 0 radical (unpaired) electrons. The summed E-state index contributed by atoms with van der Waals surface area (Å²) < 4.78 is 14.1. The largest absolute Gasteiger partial charge is 0.384 e. The topological polar surface area (TPSA) is 53.1 Å². The summed E-state index contributed by atoms with van der Waals surface area (Å²) >= 11 is 0. The van der Waals surface area contributed by atoms with E-state index >= 15 is 0 Å². The molecule has 0 heterocycles. The van der Waals surface area contributed by atoms with Crippen molar-refractivity contribution >= 4 is 5.84 Å². The zero-order chi connectivity index (χ0) is 15.1. The fourth-order valence-electron chi connectivity index (χ4n) is 2.14. The summed E-state index contributed by atoms with van der Waals surface area (Å²) in [6.45, 7) is 8.09. The summed E-state index contributed by atoms with van der Waals surface area (Å²) in [5.74, 6) is -0.372. The molecular formula is C16H26FN3. The number of rotatable bonds is 8. The Balaban J connectivity index is 2.84. The van der Waals surface area contributed by atoms with Crippen LogP contribution in [0.4, 0.5) is 4.39 Å². The van der Waals surface area contributed by atoms with E-state index in [0.717, 1.165) is 25.8 Å².